The average molecular weight is 411 g/mol. The summed E-state index contributed by atoms with van der Waals surface area (Å²) in [5.41, 5.74) is 4.78. The molecule has 0 spiro atoms. The molecule has 0 amide bonds. The van der Waals surface area contributed by atoms with Crippen molar-refractivity contribution in [1.82, 2.24) is 0 Å². The zero-order valence-corrected chi connectivity index (χ0v) is 20.5. The summed E-state index contributed by atoms with van der Waals surface area (Å²) in [6, 6.07) is 0. The van der Waals surface area contributed by atoms with E-state index in [-0.39, 0.29) is 16.6 Å². The highest BCUT2D eigenvalue weighted by Crippen LogP contribution is 2.41. The van der Waals surface area contributed by atoms with Gasteiger partial charge < -0.3 is 5.11 Å². The van der Waals surface area contributed by atoms with Crippen LogP contribution in [0.5, 0.6) is 0 Å². The summed E-state index contributed by atoms with van der Waals surface area (Å²) in [6.07, 6.45) is 19.8. The molecule has 0 saturated carbocycles. The van der Waals surface area contributed by atoms with E-state index in [9.17, 15) is 9.90 Å². The van der Waals surface area contributed by atoms with Gasteiger partial charge in [0.05, 0.1) is 0 Å². The van der Waals surface area contributed by atoms with Crippen LogP contribution >= 0.6 is 0 Å². The Morgan fingerprint density at radius 3 is 1.87 bits per heavy atom. The van der Waals surface area contributed by atoms with Crippen molar-refractivity contribution in [2.45, 2.75) is 99.5 Å². The molecule has 0 aromatic carbocycles. The van der Waals surface area contributed by atoms with Crippen LogP contribution in [0.4, 0.5) is 0 Å². The van der Waals surface area contributed by atoms with Gasteiger partial charge in [0.15, 0.2) is 0 Å². The number of rotatable bonds is 4. The number of hydrogen-bond acceptors (Lipinski definition) is 2. The number of carbonyl (C=O) groups excluding carboxylic acids is 1. The molecule has 2 aliphatic rings. The van der Waals surface area contributed by atoms with E-state index in [1.807, 2.05) is 0 Å². The normalized spacial score (nSPS) is 24.7. The number of allylic oxidation sites excluding steroid dienone is 7. The Hall–Kier alpha value is -1.85. The largest absolute Gasteiger partial charge is 0.378 e. The van der Waals surface area contributed by atoms with E-state index in [4.69, 9.17) is 6.42 Å². The monoisotopic (exact) mass is 410 g/mol. The molecule has 0 saturated heterocycles. The van der Waals surface area contributed by atoms with Crippen LogP contribution in [0.2, 0.25) is 0 Å². The van der Waals surface area contributed by atoms with Crippen LogP contribution in [-0.2, 0) is 4.79 Å². The van der Waals surface area contributed by atoms with Gasteiger partial charge in [-0.3, -0.25) is 4.79 Å². The maximum Gasteiger partial charge on any atom is 0.133 e. The second kappa shape index (κ2) is 10.5. The lowest BCUT2D eigenvalue weighted by atomic mass is 9.72. The molecule has 2 nitrogen and oxygen atoms in total. The number of Topliss-reactive ketones (excluding diaryl/α,β-unsaturated/α-hetero) is 1. The molecule has 1 unspecified atom stereocenters. The topological polar surface area (TPSA) is 37.3 Å². The van der Waals surface area contributed by atoms with Crippen molar-refractivity contribution in [3.63, 3.8) is 0 Å². The molecule has 0 bridgehead atoms. The standard InChI is InChI=1S/C15H22O.C13H20O/c1-6-15(5,16)11-9-13-12(2)8-7-10-14(13,3)4;1-10-6-5-9-13(3,4)12(10)8-7-11(2)14/h1,8-9,16H,7,10-11H2,2-5H3;6,8H,5,7,9H2,1-4H3. The van der Waals surface area contributed by atoms with Crippen LogP contribution < -0.4 is 0 Å². The first-order valence-corrected chi connectivity index (χ1v) is 11.2. The lowest BCUT2D eigenvalue weighted by Crippen LogP contribution is -2.23. The van der Waals surface area contributed by atoms with Gasteiger partial charge in [-0.1, -0.05) is 69.1 Å². The Morgan fingerprint density at radius 2 is 1.50 bits per heavy atom. The molecule has 2 aliphatic carbocycles. The number of hydrogen-bond donors (Lipinski definition) is 1. The van der Waals surface area contributed by atoms with Gasteiger partial charge in [-0.15, -0.1) is 6.42 Å². The van der Waals surface area contributed by atoms with Gasteiger partial charge in [0.25, 0.3) is 0 Å². The van der Waals surface area contributed by atoms with Gasteiger partial charge in [0, 0.05) is 12.8 Å². The molecule has 0 radical (unpaired) electrons. The highest BCUT2D eigenvalue weighted by Gasteiger charge is 2.28. The highest BCUT2D eigenvalue weighted by molar-refractivity contribution is 5.77. The Labute approximate surface area is 185 Å². The van der Waals surface area contributed by atoms with Gasteiger partial charge in [-0.25, -0.2) is 0 Å². The third-order valence-corrected chi connectivity index (χ3v) is 6.36. The molecular weight excluding hydrogens is 368 g/mol. The minimum Gasteiger partial charge on any atom is -0.378 e. The first-order valence-electron chi connectivity index (χ1n) is 11.2. The second-order valence-corrected chi connectivity index (χ2v) is 10.4. The van der Waals surface area contributed by atoms with Crippen molar-refractivity contribution in [2.75, 3.05) is 0 Å². The van der Waals surface area contributed by atoms with Crippen molar-refractivity contribution in [1.29, 1.82) is 0 Å². The summed E-state index contributed by atoms with van der Waals surface area (Å²) in [5, 5.41) is 9.81. The maximum atomic E-state index is 10.9. The van der Waals surface area contributed by atoms with Crippen molar-refractivity contribution < 1.29 is 9.90 Å². The molecule has 0 fully saturated rings. The molecule has 2 heteroatoms. The number of ketones is 1. The number of carbonyl (C=O) groups is 1. The van der Waals surface area contributed by atoms with Gasteiger partial charge in [-0.05, 0) is 75.4 Å². The van der Waals surface area contributed by atoms with E-state index in [0.717, 1.165) is 19.3 Å². The maximum absolute atomic E-state index is 10.9. The van der Waals surface area contributed by atoms with E-state index in [2.05, 4.69) is 71.8 Å². The molecule has 0 aromatic heterocycles. The second-order valence-electron chi connectivity index (χ2n) is 10.4. The number of terminal acetylenes is 1. The summed E-state index contributed by atoms with van der Waals surface area (Å²) < 4.78 is 0. The first kappa shape index (κ1) is 26.2. The third-order valence-electron chi connectivity index (χ3n) is 6.36. The predicted molar refractivity (Wildman–Crippen MR) is 129 cm³/mol. The van der Waals surface area contributed by atoms with Crippen LogP contribution in [0, 0.1) is 23.2 Å². The third kappa shape index (κ3) is 7.77. The average Bonchev–Trinajstić information content (AvgIpc) is 2.60. The van der Waals surface area contributed by atoms with Gasteiger partial charge >= 0.3 is 0 Å². The van der Waals surface area contributed by atoms with E-state index in [1.165, 1.54) is 28.7 Å². The fourth-order valence-electron chi connectivity index (χ4n) is 4.34. The predicted octanol–water partition coefficient (Wildman–Crippen LogP) is 7.11. The molecule has 2 rings (SSSR count). The SMILES string of the molecule is C#CC(C)(O)CC=C1C(C)=CCCC1(C)C.CC(=O)CC=C1C(C)=CCCC1(C)C. The highest BCUT2D eigenvalue weighted by atomic mass is 16.3. The van der Waals surface area contributed by atoms with Crippen LogP contribution in [0.3, 0.4) is 0 Å². The van der Waals surface area contributed by atoms with Crippen LogP contribution in [0.1, 0.15) is 93.9 Å². The molecule has 1 N–H and O–H groups in total. The number of aliphatic hydroxyl groups is 1. The molecule has 0 aliphatic heterocycles. The molecule has 166 valence electrons. The quantitative estimate of drug-likeness (QED) is 0.501. The Bertz CT molecular complexity index is 789. The Balaban J connectivity index is 0.000000303. The summed E-state index contributed by atoms with van der Waals surface area (Å²) in [4.78, 5) is 10.9. The van der Waals surface area contributed by atoms with Gasteiger partial charge in [0.1, 0.15) is 11.4 Å². The van der Waals surface area contributed by atoms with E-state index in [0.29, 0.717) is 12.8 Å². The molecule has 0 aromatic rings. The zero-order valence-electron chi connectivity index (χ0n) is 20.5. The van der Waals surface area contributed by atoms with Crippen LogP contribution in [-0.4, -0.2) is 16.5 Å². The van der Waals surface area contributed by atoms with Crippen LogP contribution in [0.15, 0.2) is 46.6 Å². The molecule has 30 heavy (non-hydrogen) atoms. The molecule has 0 heterocycles. The minimum absolute atomic E-state index is 0.198. The summed E-state index contributed by atoms with van der Waals surface area (Å²) in [5.74, 6) is 2.66. The smallest absolute Gasteiger partial charge is 0.133 e. The van der Waals surface area contributed by atoms with E-state index >= 15 is 0 Å². The van der Waals surface area contributed by atoms with Crippen molar-refractivity contribution in [3.05, 3.63) is 46.6 Å². The van der Waals surface area contributed by atoms with E-state index < -0.39 is 5.60 Å². The van der Waals surface area contributed by atoms with E-state index in [1.54, 1.807) is 13.8 Å². The van der Waals surface area contributed by atoms with Crippen molar-refractivity contribution >= 4 is 5.78 Å². The van der Waals surface area contributed by atoms with Crippen LogP contribution in [0.25, 0.3) is 0 Å². The molecular formula is C28H42O2. The fourth-order valence-corrected chi connectivity index (χ4v) is 4.34. The van der Waals surface area contributed by atoms with Crippen molar-refractivity contribution in [2.24, 2.45) is 10.8 Å². The van der Waals surface area contributed by atoms with Gasteiger partial charge in [0.2, 0.25) is 0 Å². The van der Waals surface area contributed by atoms with Gasteiger partial charge in [-0.2, -0.15) is 0 Å². The summed E-state index contributed by atoms with van der Waals surface area (Å²) >= 11 is 0. The Kier molecular flexibility index (Phi) is 9.12. The minimum atomic E-state index is -1.03. The summed E-state index contributed by atoms with van der Waals surface area (Å²) in [6.45, 7) is 16.6. The lowest BCUT2D eigenvalue weighted by Gasteiger charge is -2.33. The fraction of sp³-hybridized carbons (Fsp3) is 0.607. The zero-order chi connectivity index (χ0) is 23.2. The Morgan fingerprint density at radius 1 is 1.07 bits per heavy atom. The first-order chi connectivity index (χ1) is 13.7. The summed E-state index contributed by atoms with van der Waals surface area (Å²) in [7, 11) is 0. The lowest BCUT2D eigenvalue weighted by molar-refractivity contribution is -0.116. The molecule has 1 atom stereocenters. The van der Waals surface area contributed by atoms with Crippen molar-refractivity contribution in [3.8, 4) is 12.3 Å².